The highest BCUT2D eigenvalue weighted by atomic mass is 32.2. The van der Waals surface area contributed by atoms with Crippen LogP contribution in [-0.4, -0.2) is 56.2 Å². The Morgan fingerprint density at radius 3 is 2.71 bits per heavy atom. The molecule has 1 fully saturated rings. The van der Waals surface area contributed by atoms with Gasteiger partial charge in [-0.1, -0.05) is 0 Å². The highest BCUT2D eigenvalue weighted by molar-refractivity contribution is 7.89. The van der Waals surface area contributed by atoms with Crippen molar-refractivity contribution in [3.05, 3.63) is 0 Å². The molecule has 0 bridgehead atoms. The third kappa shape index (κ3) is 3.65. The predicted octanol–water partition coefficient (Wildman–Crippen LogP) is -0.438. The first-order valence-corrected chi connectivity index (χ1v) is 7.37. The third-order valence-electron chi connectivity index (χ3n) is 2.54. The van der Waals surface area contributed by atoms with E-state index in [1.54, 1.807) is 6.92 Å². The lowest BCUT2D eigenvalue weighted by Crippen LogP contribution is -2.56. The Morgan fingerprint density at radius 1 is 1.53 bits per heavy atom. The van der Waals surface area contributed by atoms with Gasteiger partial charge >= 0.3 is 0 Å². The molecular weight excluding hydrogens is 244 g/mol. The second kappa shape index (κ2) is 5.79. The quantitative estimate of drug-likeness (QED) is 0.747. The molecule has 1 aliphatic rings. The van der Waals surface area contributed by atoms with Gasteiger partial charge in [0.2, 0.25) is 15.9 Å². The van der Waals surface area contributed by atoms with Gasteiger partial charge in [-0.15, -0.1) is 0 Å². The van der Waals surface area contributed by atoms with E-state index in [1.165, 1.54) is 4.31 Å². The van der Waals surface area contributed by atoms with E-state index in [1.807, 2.05) is 13.8 Å². The van der Waals surface area contributed by atoms with Crippen molar-refractivity contribution < 1.29 is 17.9 Å². The van der Waals surface area contributed by atoms with Gasteiger partial charge in [0.1, 0.15) is 6.04 Å². The van der Waals surface area contributed by atoms with E-state index >= 15 is 0 Å². The molecule has 100 valence electrons. The predicted molar refractivity (Wildman–Crippen MR) is 64.1 cm³/mol. The summed E-state index contributed by atoms with van der Waals surface area (Å²) in [6, 6.07) is -0.758. The lowest BCUT2D eigenvalue weighted by Gasteiger charge is -2.33. The zero-order chi connectivity index (χ0) is 13.1. The summed E-state index contributed by atoms with van der Waals surface area (Å²) in [5.41, 5.74) is 0. The first-order valence-electron chi connectivity index (χ1n) is 5.76. The van der Waals surface area contributed by atoms with Gasteiger partial charge in [-0.05, 0) is 20.8 Å². The van der Waals surface area contributed by atoms with E-state index in [0.717, 1.165) is 0 Å². The Morgan fingerprint density at radius 2 is 2.18 bits per heavy atom. The van der Waals surface area contributed by atoms with Crippen LogP contribution in [0.2, 0.25) is 0 Å². The van der Waals surface area contributed by atoms with Crippen molar-refractivity contribution in [1.29, 1.82) is 0 Å². The van der Waals surface area contributed by atoms with Crippen LogP contribution in [0.3, 0.4) is 0 Å². The molecule has 0 aromatic heterocycles. The summed E-state index contributed by atoms with van der Waals surface area (Å²) in [4.78, 5) is 11.9. The maximum atomic E-state index is 11.9. The molecule has 1 unspecified atom stereocenters. The molecule has 1 aliphatic heterocycles. The second-order valence-electron chi connectivity index (χ2n) is 4.27. The molecule has 7 heteroatoms. The SMILES string of the molecule is CCS(=O)(=O)N1CCOCC1C(=O)NC(C)C. The van der Waals surface area contributed by atoms with Gasteiger partial charge < -0.3 is 10.1 Å². The minimum atomic E-state index is -3.36. The van der Waals surface area contributed by atoms with Crippen LogP contribution in [0.1, 0.15) is 20.8 Å². The Kier molecular flexibility index (Phi) is 4.91. The van der Waals surface area contributed by atoms with E-state index in [2.05, 4.69) is 5.32 Å². The van der Waals surface area contributed by atoms with E-state index in [4.69, 9.17) is 4.74 Å². The minimum Gasteiger partial charge on any atom is -0.378 e. The van der Waals surface area contributed by atoms with Crippen molar-refractivity contribution in [3.63, 3.8) is 0 Å². The molecule has 1 amide bonds. The normalized spacial score (nSPS) is 22.7. The van der Waals surface area contributed by atoms with Gasteiger partial charge in [0.05, 0.1) is 19.0 Å². The maximum absolute atomic E-state index is 11.9. The number of nitrogens with zero attached hydrogens (tertiary/aromatic N) is 1. The van der Waals surface area contributed by atoms with Crippen LogP contribution in [0.25, 0.3) is 0 Å². The molecule has 1 N–H and O–H groups in total. The summed E-state index contributed by atoms with van der Waals surface area (Å²) in [6.45, 7) is 5.94. The molecule has 1 saturated heterocycles. The number of hydrogen-bond donors (Lipinski definition) is 1. The Bertz CT molecular complexity index is 367. The summed E-state index contributed by atoms with van der Waals surface area (Å²) < 4.78 is 30.1. The lowest BCUT2D eigenvalue weighted by atomic mass is 10.2. The Hall–Kier alpha value is -0.660. The van der Waals surface area contributed by atoms with Gasteiger partial charge in [0, 0.05) is 12.6 Å². The molecule has 17 heavy (non-hydrogen) atoms. The Labute approximate surface area is 102 Å². The fourth-order valence-electron chi connectivity index (χ4n) is 1.67. The van der Waals surface area contributed by atoms with E-state index in [0.29, 0.717) is 6.61 Å². The van der Waals surface area contributed by atoms with Crippen molar-refractivity contribution in [2.75, 3.05) is 25.5 Å². The Balaban J connectivity index is 2.83. The standard InChI is InChI=1S/C10H20N2O4S/c1-4-17(14,15)12-5-6-16-7-9(12)10(13)11-8(2)3/h8-9H,4-7H2,1-3H3,(H,11,13). The number of rotatable bonds is 4. The van der Waals surface area contributed by atoms with Gasteiger partial charge in [0.25, 0.3) is 0 Å². The second-order valence-corrected chi connectivity index (χ2v) is 6.48. The van der Waals surface area contributed by atoms with Crippen LogP contribution in [0, 0.1) is 0 Å². The molecular formula is C10H20N2O4S. The van der Waals surface area contributed by atoms with Crippen LogP contribution in [-0.2, 0) is 19.6 Å². The number of amides is 1. The topological polar surface area (TPSA) is 75.7 Å². The average Bonchev–Trinajstić information content (AvgIpc) is 2.28. The molecule has 1 heterocycles. The summed E-state index contributed by atoms with van der Waals surface area (Å²) in [7, 11) is -3.36. The number of nitrogens with one attached hydrogen (secondary N) is 1. The lowest BCUT2D eigenvalue weighted by molar-refractivity contribution is -0.129. The van der Waals surface area contributed by atoms with Crippen molar-refractivity contribution in [2.45, 2.75) is 32.9 Å². The number of morpholine rings is 1. The average molecular weight is 264 g/mol. The molecule has 0 saturated carbocycles. The van der Waals surface area contributed by atoms with Crippen LogP contribution in [0.15, 0.2) is 0 Å². The minimum absolute atomic E-state index is 0.00153. The van der Waals surface area contributed by atoms with Gasteiger partial charge in [-0.2, -0.15) is 4.31 Å². The summed E-state index contributed by atoms with van der Waals surface area (Å²) in [5, 5.41) is 2.71. The largest absolute Gasteiger partial charge is 0.378 e. The number of sulfonamides is 1. The van der Waals surface area contributed by atoms with Crippen molar-refractivity contribution in [1.82, 2.24) is 9.62 Å². The van der Waals surface area contributed by atoms with Gasteiger partial charge in [0.15, 0.2) is 0 Å². The van der Waals surface area contributed by atoms with E-state index < -0.39 is 16.1 Å². The first kappa shape index (κ1) is 14.4. The van der Waals surface area contributed by atoms with E-state index in [-0.39, 0.29) is 30.9 Å². The van der Waals surface area contributed by atoms with Crippen LogP contribution >= 0.6 is 0 Å². The van der Waals surface area contributed by atoms with Crippen molar-refractivity contribution >= 4 is 15.9 Å². The van der Waals surface area contributed by atoms with Gasteiger partial charge in [-0.3, -0.25) is 4.79 Å². The number of hydrogen-bond acceptors (Lipinski definition) is 4. The van der Waals surface area contributed by atoms with Gasteiger partial charge in [-0.25, -0.2) is 8.42 Å². The molecule has 6 nitrogen and oxygen atoms in total. The maximum Gasteiger partial charge on any atom is 0.241 e. The molecule has 0 spiro atoms. The number of carbonyl (C=O) groups excluding carboxylic acids is 1. The highest BCUT2D eigenvalue weighted by Gasteiger charge is 2.36. The fraction of sp³-hybridized carbons (Fsp3) is 0.900. The summed E-state index contributed by atoms with van der Waals surface area (Å²) in [5.74, 6) is -0.296. The molecule has 1 rings (SSSR count). The summed E-state index contributed by atoms with van der Waals surface area (Å²) in [6.07, 6.45) is 0. The van der Waals surface area contributed by atoms with Crippen LogP contribution in [0.4, 0.5) is 0 Å². The first-order chi connectivity index (χ1) is 7.88. The zero-order valence-corrected chi connectivity index (χ0v) is 11.3. The van der Waals surface area contributed by atoms with E-state index in [9.17, 15) is 13.2 Å². The van der Waals surface area contributed by atoms with Crippen LogP contribution < -0.4 is 5.32 Å². The fourth-order valence-corrected chi connectivity index (χ4v) is 2.90. The zero-order valence-electron chi connectivity index (χ0n) is 10.5. The van der Waals surface area contributed by atoms with Crippen molar-refractivity contribution in [2.24, 2.45) is 0 Å². The molecule has 0 aliphatic carbocycles. The number of ether oxygens (including phenoxy) is 1. The molecule has 0 aromatic rings. The number of carbonyl (C=O) groups is 1. The highest BCUT2D eigenvalue weighted by Crippen LogP contribution is 2.13. The molecule has 0 radical (unpaired) electrons. The smallest absolute Gasteiger partial charge is 0.241 e. The van der Waals surface area contributed by atoms with Crippen molar-refractivity contribution in [3.8, 4) is 0 Å². The van der Waals surface area contributed by atoms with Crippen LogP contribution in [0.5, 0.6) is 0 Å². The molecule has 0 aromatic carbocycles. The third-order valence-corrected chi connectivity index (χ3v) is 4.42. The molecule has 1 atom stereocenters. The monoisotopic (exact) mass is 264 g/mol. The summed E-state index contributed by atoms with van der Waals surface area (Å²) >= 11 is 0.